The van der Waals surface area contributed by atoms with Crippen LogP contribution in [0, 0.1) is 5.92 Å². The Labute approximate surface area is 89.6 Å². The summed E-state index contributed by atoms with van der Waals surface area (Å²) in [6.45, 7) is 3.21. The summed E-state index contributed by atoms with van der Waals surface area (Å²) < 4.78 is 0. The molecule has 1 unspecified atom stereocenters. The number of carbonyl (C=O) groups excluding carboxylic acids is 1. The lowest BCUT2D eigenvalue weighted by atomic mass is 10.1. The van der Waals surface area contributed by atoms with Crippen LogP contribution in [0.5, 0.6) is 0 Å². The average Bonchev–Trinajstić information content (AvgIpc) is 2.63. The number of rotatable bonds is 5. The maximum absolute atomic E-state index is 11.2. The van der Waals surface area contributed by atoms with Crippen molar-refractivity contribution >= 4 is 11.8 Å². The van der Waals surface area contributed by atoms with Gasteiger partial charge in [-0.15, -0.1) is 0 Å². The van der Waals surface area contributed by atoms with Gasteiger partial charge in [-0.3, -0.25) is 9.59 Å². The highest BCUT2D eigenvalue weighted by molar-refractivity contribution is 5.89. The van der Waals surface area contributed by atoms with Crippen molar-refractivity contribution in [2.45, 2.75) is 26.2 Å². The zero-order chi connectivity index (χ0) is 11.3. The molecule has 0 aromatic heterocycles. The highest BCUT2D eigenvalue weighted by Crippen LogP contribution is 2.16. The Hall–Kier alpha value is -1.32. The topological polar surface area (TPSA) is 57.6 Å². The number of hydrogen-bond donors (Lipinski definition) is 1. The summed E-state index contributed by atoms with van der Waals surface area (Å²) in [5.74, 6) is -0.919. The molecule has 15 heavy (non-hydrogen) atoms. The van der Waals surface area contributed by atoms with Gasteiger partial charge >= 0.3 is 5.97 Å². The smallest absolute Gasteiger partial charge is 0.308 e. The fraction of sp³-hybridized carbons (Fsp3) is 0.636. The third-order valence-corrected chi connectivity index (χ3v) is 2.54. The van der Waals surface area contributed by atoms with E-state index < -0.39 is 5.97 Å². The third kappa shape index (κ3) is 3.73. The van der Waals surface area contributed by atoms with Gasteiger partial charge in [0.15, 0.2) is 5.78 Å². The first-order valence-corrected chi connectivity index (χ1v) is 5.31. The number of ketones is 1. The molecule has 0 aromatic rings. The summed E-state index contributed by atoms with van der Waals surface area (Å²) in [4.78, 5) is 23.8. The molecule has 0 aromatic carbocycles. The third-order valence-electron chi connectivity index (χ3n) is 2.54. The molecule has 0 amide bonds. The first kappa shape index (κ1) is 11.8. The lowest BCUT2D eigenvalue weighted by Gasteiger charge is -2.10. The van der Waals surface area contributed by atoms with Crippen molar-refractivity contribution in [3.63, 3.8) is 0 Å². The van der Waals surface area contributed by atoms with Crippen LogP contribution in [0.15, 0.2) is 12.3 Å². The van der Waals surface area contributed by atoms with E-state index in [9.17, 15) is 9.59 Å². The Balaban J connectivity index is 2.35. The second-order valence-electron chi connectivity index (χ2n) is 3.85. The van der Waals surface area contributed by atoms with Gasteiger partial charge < -0.3 is 10.0 Å². The van der Waals surface area contributed by atoms with E-state index in [4.69, 9.17) is 5.11 Å². The lowest BCUT2D eigenvalue weighted by molar-refractivity contribution is -0.141. The summed E-state index contributed by atoms with van der Waals surface area (Å²) in [7, 11) is 0. The molecule has 1 aliphatic rings. The maximum Gasteiger partial charge on any atom is 0.308 e. The minimum atomic E-state index is -0.745. The molecule has 1 atom stereocenters. The molecule has 84 valence electrons. The number of carboxylic acid groups (broad SMARTS) is 1. The molecule has 0 bridgehead atoms. The number of hydrogen-bond acceptors (Lipinski definition) is 3. The number of carboxylic acids is 1. The average molecular weight is 211 g/mol. The van der Waals surface area contributed by atoms with Gasteiger partial charge in [0.25, 0.3) is 0 Å². The summed E-state index contributed by atoms with van der Waals surface area (Å²) in [6, 6.07) is 0. The highest BCUT2D eigenvalue weighted by Gasteiger charge is 2.25. The van der Waals surface area contributed by atoms with Gasteiger partial charge in [0, 0.05) is 25.7 Å². The zero-order valence-electron chi connectivity index (χ0n) is 8.98. The molecule has 1 heterocycles. The van der Waals surface area contributed by atoms with Gasteiger partial charge in [-0.2, -0.15) is 0 Å². The van der Waals surface area contributed by atoms with E-state index in [1.807, 2.05) is 11.8 Å². The maximum atomic E-state index is 11.2. The second kappa shape index (κ2) is 5.53. The Morgan fingerprint density at radius 2 is 2.27 bits per heavy atom. The second-order valence-corrected chi connectivity index (χ2v) is 3.85. The van der Waals surface area contributed by atoms with E-state index in [0.29, 0.717) is 19.4 Å². The van der Waals surface area contributed by atoms with Gasteiger partial charge in [0.1, 0.15) is 0 Å². The summed E-state index contributed by atoms with van der Waals surface area (Å²) in [5.41, 5.74) is 0. The van der Waals surface area contributed by atoms with Crippen LogP contribution >= 0.6 is 0 Å². The van der Waals surface area contributed by atoms with Crippen LogP contribution in [0.4, 0.5) is 0 Å². The largest absolute Gasteiger partial charge is 0.481 e. The van der Waals surface area contributed by atoms with Gasteiger partial charge in [0.05, 0.1) is 5.92 Å². The predicted octanol–water partition coefficient (Wildman–Crippen LogP) is 1.28. The number of allylic oxidation sites excluding steroid dienone is 1. The van der Waals surface area contributed by atoms with Crippen LogP contribution in [-0.4, -0.2) is 34.8 Å². The molecule has 4 nitrogen and oxygen atoms in total. The molecule has 0 saturated carbocycles. The monoisotopic (exact) mass is 211 g/mol. The molecule has 1 fully saturated rings. The van der Waals surface area contributed by atoms with Crippen molar-refractivity contribution < 1.29 is 14.7 Å². The van der Waals surface area contributed by atoms with Crippen LogP contribution in [0.3, 0.4) is 0 Å². The quantitative estimate of drug-likeness (QED) is 0.696. The van der Waals surface area contributed by atoms with Gasteiger partial charge in [0.2, 0.25) is 0 Å². The van der Waals surface area contributed by atoms with Gasteiger partial charge in [-0.25, -0.2) is 0 Å². The Kier molecular flexibility index (Phi) is 4.34. The van der Waals surface area contributed by atoms with Crippen molar-refractivity contribution in [2.75, 3.05) is 13.1 Å². The molecule has 1 aliphatic heterocycles. The summed E-state index contributed by atoms with van der Waals surface area (Å²) in [6.07, 6.45) is 5.35. The number of likely N-dealkylation sites (tertiary alicyclic amines) is 1. The Morgan fingerprint density at radius 3 is 2.80 bits per heavy atom. The molecular weight excluding hydrogens is 194 g/mol. The molecule has 4 heteroatoms. The van der Waals surface area contributed by atoms with E-state index >= 15 is 0 Å². The number of carbonyl (C=O) groups is 2. The van der Waals surface area contributed by atoms with Crippen molar-refractivity contribution in [1.82, 2.24) is 4.90 Å². The van der Waals surface area contributed by atoms with Crippen LogP contribution < -0.4 is 0 Å². The first-order chi connectivity index (χ1) is 7.13. The molecule has 0 spiro atoms. The van der Waals surface area contributed by atoms with E-state index in [0.717, 1.165) is 13.0 Å². The molecule has 1 rings (SSSR count). The normalized spacial score (nSPS) is 21.1. The van der Waals surface area contributed by atoms with Crippen LogP contribution in [0.2, 0.25) is 0 Å². The molecule has 1 saturated heterocycles. The van der Waals surface area contributed by atoms with E-state index in [1.165, 1.54) is 0 Å². The van der Waals surface area contributed by atoms with E-state index in [1.54, 1.807) is 12.3 Å². The standard InChI is InChI=1S/C11H17NO3/c1-2-3-10(13)5-7-12-6-4-9(8-12)11(14)15/h5,7,9H,2-4,6,8H2,1H3,(H,14,15). The minimum Gasteiger partial charge on any atom is -0.481 e. The predicted molar refractivity (Wildman–Crippen MR) is 56.4 cm³/mol. The van der Waals surface area contributed by atoms with Gasteiger partial charge in [-0.1, -0.05) is 6.92 Å². The summed E-state index contributed by atoms with van der Waals surface area (Å²) >= 11 is 0. The molecule has 1 N–H and O–H groups in total. The fourth-order valence-corrected chi connectivity index (χ4v) is 1.64. The van der Waals surface area contributed by atoms with Crippen LogP contribution in [0.25, 0.3) is 0 Å². The Bertz CT molecular complexity index is 273. The van der Waals surface area contributed by atoms with E-state index in [2.05, 4.69) is 0 Å². The van der Waals surface area contributed by atoms with Crippen molar-refractivity contribution in [3.05, 3.63) is 12.3 Å². The van der Waals surface area contributed by atoms with Crippen LogP contribution in [-0.2, 0) is 9.59 Å². The van der Waals surface area contributed by atoms with Crippen molar-refractivity contribution in [3.8, 4) is 0 Å². The fourth-order valence-electron chi connectivity index (χ4n) is 1.64. The molecule has 0 aliphatic carbocycles. The van der Waals surface area contributed by atoms with Crippen molar-refractivity contribution in [1.29, 1.82) is 0 Å². The SMILES string of the molecule is CCCC(=O)C=CN1CCC(C(=O)O)C1. The number of aliphatic carboxylic acids is 1. The molecule has 0 radical (unpaired) electrons. The molecular formula is C11H17NO3. The van der Waals surface area contributed by atoms with Gasteiger partial charge in [-0.05, 0) is 18.9 Å². The summed E-state index contributed by atoms with van der Waals surface area (Å²) in [5, 5.41) is 8.77. The lowest BCUT2D eigenvalue weighted by Crippen LogP contribution is -2.18. The zero-order valence-corrected chi connectivity index (χ0v) is 8.98. The number of nitrogens with zero attached hydrogens (tertiary/aromatic N) is 1. The Morgan fingerprint density at radius 1 is 1.53 bits per heavy atom. The van der Waals surface area contributed by atoms with Crippen LogP contribution in [0.1, 0.15) is 26.2 Å². The van der Waals surface area contributed by atoms with Crippen molar-refractivity contribution in [2.24, 2.45) is 5.92 Å². The highest BCUT2D eigenvalue weighted by atomic mass is 16.4. The minimum absolute atomic E-state index is 0.108. The first-order valence-electron chi connectivity index (χ1n) is 5.31. The van der Waals surface area contributed by atoms with E-state index in [-0.39, 0.29) is 11.7 Å².